The number of nitrogens with zero attached hydrogens (tertiary/aromatic N) is 3. The standard InChI is InChI=1S/C13H24N4O/c1-10(2)8-14-9-12-15-16-13(18-12)17(3)11-6-4-5-7-11/h10-11,14H,4-9H2,1-3H3. The maximum absolute atomic E-state index is 5.68. The third-order valence-corrected chi connectivity index (χ3v) is 3.46. The molecule has 0 aliphatic heterocycles. The lowest BCUT2D eigenvalue weighted by Crippen LogP contribution is -2.29. The number of hydrogen-bond donors (Lipinski definition) is 1. The largest absolute Gasteiger partial charge is 0.407 e. The average molecular weight is 252 g/mol. The average Bonchev–Trinajstić information content (AvgIpc) is 2.99. The first-order valence-corrected chi connectivity index (χ1v) is 6.92. The molecule has 0 spiro atoms. The second kappa shape index (κ2) is 6.18. The predicted octanol–water partition coefficient (Wildman–Crippen LogP) is 2.19. The lowest BCUT2D eigenvalue weighted by atomic mass is 10.2. The Morgan fingerprint density at radius 2 is 2.06 bits per heavy atom. The number of rotatable bonds is 6. The smallest absolute Gasteiger partial charge is 0.318 e. The highest BCUT2D eigenvalue weighted by atomic mass is 16.4. The van der Waals surface area contributed by atoms with Gasteiger partial charge in [-0.25, -0.2) is 0 Å². The molecule has 1 aromatic rings. The molecule has 5 heteroatoms. The number of anilines is 1. The third-order valence-electron chi connectivity index (χ3n) is 3.46. The van der Waals surface area contributed by atoms with E-state index in [1.807, 2.05) is 0 Å². The molecule has 1 aromatic heterocycles. The van der Waals surface area contributed by atoms with E-state index in [4.69, 9.17) is 4.42 Å². The molecule has 0 unspecified atom stereocenters. The first kappa shape index (κ1) is 13.3. The van der Waals surface area contributed by atoms with Crippen molar-refractivity contribution in [3.05, 3.63) is 5.89 Å². The molecule has 2 rings (SSSR count). The van der Waals surface area contributed by atoms with Gasteiger partial charge in [-0.05, 0) is 25.3 Å². The number of hydrogen-bond acceptors (Lipinski definition) is 5. The number of aromatic nitrogens is 2. The van der Waals surface area contributed by atoms with Gasteiger partial charge in [-0.2, -0.15) is 0 Å². The molecule has 5 nitrogen and oxygen atoms in total. The zero-order valence-electron chi connectivity index (χ0n) is 11.6. The Hall–Kier alpha value is -1.10. The third kappa shape index (κ3) is 3.45. The van der Waals surface area contributed by atoms with Gasteiger partial charge in [0.15, 0.2) is 0 Å². The Balaban J connectivity index is 1.85. The van der Waals surface area contributed by atoms with E-state index in [0.717, 1.165) is 6.54 Å². The van der Waals surface area contributed by atoms with Gasteiger partial charge in [-0.15, -0.1) is 5.10 Å². The molecule has 1 heterocycles. The van der Waals surface area contributed by atoms with Gasteiger partial charge < -0.3 is 14.6 Å². The van der Waals surface area contributed by atoms with Crippen LogP contribution in [-0.4, -0.2) is 29.8 Å². The van der Waals surface area contributed by atoms with E-state index in [1.165, 1.54) is 25.7 Å². The minimum atomic E-state index is 0.571. The van der Waals surface area contributed by atoms with Crippen LogP contribution in [0.3, 0.4) is 0 Å². The lowest BCUT2D eigenvalue weighted by Gasteiger charge is -2.21. The van der Waals surface area contributed by atoms with Crippen LogP contribution in [0.1, 0.15) is 45.4 Å². The SMILES string of the molecule is CC(C)CNCc1nnc(N(C)C2CCCC2)o1. The van der Waals surface area contributed by atoms with Crippen molar-refractivity contribution >= 4 is 6.01 Å². The van der Waals surface area contributed by atoms with Gasteiger partial charge in [0.2, 0.25) is 5.89 Å². The van der Waals surface area contributed by atoms with E-state index in [2.05, 4.69) is 41.3 Å². The Labute approximate surface area is 109 Å². The molecule has 1 saturated carbocycles. The molecule has 0 amide bonds. The quantitative estimate of drug-likeness (QED) is 0.841. The van der Waals surface area contributed by atoms with E-state index in [1.54, 1.807) is 0 Å². The molecule has 0 atom stereocenters. The fourth-order valence-electron chi connectivity index (χ4n) is 2.37. The van der Waals surface area contributed by atoms with Crippen molar-refractivity contribution in [1.29, 1.82) is 0 Å². The molecule has 18 heavy (non-hydrogen) atoms. The normalized spacial score (nSPS) is 16.7. The zero-order chi connectivity index (χ0) is 13.0. The van der Waals surface area contributed by atoms with Crippen LogP contribution in [0.15, 0.2) is 4.42 Å². The summed E-state index contributed by atoms with van der Waals surface area (Å²) in [5.74, 6) is 1.31. The fraction of sp³-hybridized carbons (Fsp3) is 0.846. The highest BCUT2D eigenvalue weighted by Gasteiger charge is 2.23. The van der Waals surface area contributed by atoms with Gasteiger partial charge in [0.25, 0.3) is 0 Å². The lowest BCUT2D eigenvalue weighted by molar-refractivity contribution is 0.441. The van der Waals surface area contributed by atoms with E-state index in [-0.39, 0.29) is 0 Å². The first-order valence-electron chi connectivity index (χ1n) is 6.92. The molecular formula is C13H24N4O. The van der Waals surface area contributed by atoms with Crippen molar-refractivity contribution in [3.63, 3.8) is 0 Å². The summed E-state index contributed by atoms with van der Waals surface area (Å²) in [5.41, 5.74) is 0. The van der Waals surface area contributed by atoms with E-state index < -0.39 is 0 Å². The summed E-state index contributed by atoms with van der Waals surface area (Å²) < 4.78 is 5.68. The number of nitrogens with one attached hydrogen (secondary N) is 1. The molecule has 0 bridgehead atoms. The molecule has 0 aromatic carbocycles. The summed E-state index contributed by atoms with van der Waals surface area (Å²) >= 11 is 0. The molecule has 0 saturated heterocycles. The van der Waals surface area contributed by atoms with Crippen molar-refractivity contribution in [2.75, 3.05) is 18.5 Å². The molecule has 1 N–H and O–H groups in total. The Morgan fingerprint density at radius 1 is 1.33 bits per heavy atom. The zero-order valence-corrected chi connectivity index (χ0v) is 11.6. The second-order valence-electron chi connectivity index (χ2n) is 5.55. The summed E-state index contributed by atoms with van der Waals surface area (Å²) in [6.07, 6.45) is 5.09. The van der Waals surface area contributed by atoms with E-state index >= 15 is 0 Å². The maximum atomic E-state index is 5.68. The van der Waals surface area contributed by atoms with Crippen LogP contribution in [0.2, 0.25) is 0 Å². The van der Waals surface area contributed by atoms with Crippen LogP contribution >= 0.6 is 0 Å². The Kier molecular flexibility index (Phi) is 4.58. The Bertz CT molecular complexity index is 358. The minimum Gasteiger partial charge on any atom is -0.407 e. The van der Waals surface area contributed by atoms with Crippen molar-refractivity contribution in [2.24, 2.45) is 5.92 Å². The van der Waals surface area contributed by atoms with E-state index in [0.29, 0.717) is 30.4 Å². The van der Waals surface area contributed by atoms with Gasteiger partial charge in [0.05, 0.1) is 6.54 Å². The van der Waals surface area contributed by atoms with Crippen molar-refractivity contribution < 1.29 is 4.42 Å². The molecule has 0 radical (unpaired) electrons. The van der Waals surface area contributed by atoms with Gasteiger partial charge in [-0.3, -0.25) is 0 Å². The van der Waals surface area contributed by atoms with Gasteiger partial charge in [0, 0.05) is 13.1 Å². The van der Waals surface area contributed by atoms with Crippen LogP contribution in [0.4, 0.5) is 6.01 Å². The highest BCUT2D eigenvalue weighted by molar-refractivity contribution is 5.25. The van der Waals surface area contributed by atoms with Crippen LogP contribution in [0, 0.1) is 5.92 Å². The summed E-state index contributed by atoms with van der Waals surface area (Å²) in [7, 11) is 2.05. The molecule has 1 aliphatic rings. The predicted molar refractivity (Wildman–Crippen MR) is 71.5 cm³/mol. The molecule has 1 fully saturated rings. The van der Waals surface area contributed by atoms with Gasteiger partial charge in [-0.1, -0.05) is 31.8 Å². The highest BCUT2D eigenvalue weighted by Crippen LogP contribution is 2.25. The molecule has 1 aliphatic carbocycles. The van der Waals surface area contributed by atoms with Crippen LogP contribution < -0.4 is 10.2 Å². The maximum Gasteiger partial charge on any atom is 0.318 e. The second-order valence-corrected chi connectivity index (χ2v) is 5.55. The van der Waals surface area contributed by atoms with Gasteiger partial charge >= 0.3 is 6.01 Å². The topological polar surface area (TPSA) is 54.2 Å². The Morgan fingerprint density at radius 3 is 2.72 bits per heavy atom. The van der Waals surface area contributed by atoms with Crippen LogP contribution in [0.5, 0.6) is 0 Å². The van der Waals surface area contributed by atoms with Gasteiger partial charge in [0.1, 0.15) is 0 Å². The fourth-order valence-corrected chi connectivity index (χ4v) is 2.37. The van der Waals surface area contributed by atoms with Crippen molar-refractivity contribution in [3.8, 4) is 0 Å². The van der Waals surface area contributed by atoms with Crippen molar-refractivity contribution in [2.45, 2.75) is 52.1 Å². The van der Waals surface area contributed by atoms with Crippen LogP contribution in [-0.2, 0) is 6.54 Å². The monoisotopic (exact) mass is 252 g/mol. The summed E-state index contributed by atoms with van der Waals surface area (Å²) in [4.78, 5) is 2.13. The summed E-state index contributed by atoms with van der Waals surface area (Å²) in [6, 6.07) is 1.23. The first-order chi connectivity index (χ1) is 8.66. The van der Waals surface area contributed by atoms with Crippen molar-refractivity contribution in [1.82, 2.24) is 15.5 Å². The van der Waals surface area contributed by atoms with E-state index in [9.17, 15) is 0 Å². The molecule has 102 valence electrons. The molecular weight excluding hydrogens is 228 g/mol. The minimum absolute atomic E-state index is 0.571. The summed E-state index contributed by atoms with van der Waals surface area (Å²) in [5, 5.41) is 11.5. The summed E-state index contributed by atoms with van der Waals surface area (Å²) in [6.45, 7) is 5.99. The van der Waals surface area contributed by atoms with Crippen LogP contribution in [0.25, 0.3) is 0 Å².